The Morgan fingerprint density at radius 2 is 2.15 bits per heavy atom. The van der Waals surface area contributed by atoms with Crippen molar-refractivity contribution in [2.45, 2.75) is 19.8 Å². The lowest BCUT2D eigenvalue weighted by molar-refractivity contribution is -0.141. The van der Waals surface area contributed by atoms with E-state index >= 15 is 0 Å². The molecule has 104 valence electrons. The van der Waals surface area contributed by atoms with Gasteiger partial charge in [0.15, 0.2) is 5.78 Å². The Morgan fingerprint density at radius 1 is 1.40 bits per heavy atom. The van der Waals surface area contributed by atoms with Crippen LogP contribution >= 0.6 is 0 Å². The van der Waals surface area contributed by atoms with Crippen molar-refractivity contribution in [2.75, 3.05) is 7.11 Å². The van der Waals surface area contributed by atoms with E-state index in [1.807, 2.05) is 19.1 Å². The first-order chi connectivity index (χ1) is 9.51. The third-order valence-corrected chi connectivity index (χ3v) is 3.90. The molecule has 1 aliphatic rings. The smallest absolute Gasteiger partial charge is 0.307 e. The van der Waals surface area contributed by atoms with Crippen molar-refractivity contribution >= 4 is 22.7 Å². The Balaban J connectivity index is 2.22. The molecule has 1 atom stereocenters. The van der Waals surface area contributed by atoms with Crippen LogP contribution in [-0.4, -0.2) is 29.0 Å². The Labute approximate surface area is 115 Å². The molecule has 0 saturated heterocycles. The number of aromatic amines is 1. The number of carbonyl (C=O) groups is 2. The minimum absolute atomic E-state index is 0.0611. The number of ether oxygens (including phenoxy) is 1. The Bertz CT molecular complexity index is 729. The standard InChI is InChI=1S/C15H15NO4/c1-7-3-9(20-2)6-10-13-11(16-14(7)10)4-8(15(18)19)5-12(13)17/h3,6,8,16H,4-5H2,1-2H3,(H,18,19). The molecular formula is C15H15NO4. The molecule has 1 aliphatic carbocycles. The highest BCUT2D eigenvalue weighted by Crippen LogP contribution is 2.35. The molecule has 3 rings (SSSR count). The van der Waals surface area contributed by atoms with Crippen LogP contribution in [0, 0.1) is 12.8 Å². The maximum atomic E-state index is 12.3. The number of carboxylic acid groups (broad SMARTS) is 1. The number of rotatable bonds is 2. The molecule has 0 fully saturated rings. The number of benzene rings is 1. The maximum Gasteiger partial charge on any atom is 0.307 e. The van der Waals surface area contributed by atoms with Gasteiger partial charge in [0.25, 0.3) is 0 Å². The number of hydrogen-bond acceptors (Lipinski definition) is 3. The number of aliphatic carboxylic acids is 1. The molecule has 2 N–H and O–H groups in total. The van der Waals surface area contributed by atoms with E-state index in [1.165, 1.54) is 0 Å². The highest BCUT2D eigenvalue weighted by atomic mass is 16.5. The Kier molecular flexibility index (Phi) is 2.78. The fourth-order valence-electron chi connectivity index (χ4n) is 2.90. The van der Waals surface area contributed by atoms with Crippen molar-refractivity contribution in [1.82, 2.24) is 4.98 Å². The van der Waals surface area contributed by atoms with Gasteiger partial charge in [-0.3, -0.25) is 9.59 Å². The van der Waals surface area contributed by atoms with Crippen LogP contribution < -0.4 is 4.74 Å². The lowest BCUT2D eigenvalue weighted by atomic mass is 9.86. The minimum atomic E-state index is -0.919. The number of carbonyl (C=O) groups excluding carboxylic acids is 1. The molecule has 1 aromatic heterocycles. The summed E-state index contributed by atoms with van der Waals surface area (Å²) in [5.41, 5.74) is 3.21. The van der Waals surface area contributed by atoms with E-state index < -0.39 is 11.9 Å². The van der Waals surface area contributed by atoms with Crippen LogP contribution in [-0.2, 0) is 11.2 Å². The highest BCUT2D eigenvalue weighted by molar-refractivity contribution is 6.12. The Morgan fingerprint density at radius 3 is 2.80 bits per heavy atom. The number of Topliss-reactive ketones (excluding diaryl/α,β-unsaturated/α-hetero) is 1. The van der Waals surface area contributed by atoms with Gasteiger partial charge in [-0.1, -0.05) is 0 Å². The lowest BCUT2D eigenvalue weighted by Gasteiger charge is -2.17. The predicted molar refractivity (Wildman–Crippen MR) is 73.4 cm³/mol. The third-order valence-electron chi connectivity index (χ3n) is 3.90. The summed E-state index contributed by atoms with van der Waals surface area (Å²) in [6.45, 7) is 1.94. The zero-order valence-corrected chi connectivity index (χ0v) is 11.3. The number of methoxy groups -OCH3 is 1. The van der Waals surface area contributed by atoms with E-state index in [1.54, 1.807) is 7.11 Å². The number of hydrogen-bond donors (Lipinski definition) is 2. The number of carboxylic acids is 1. The normalized spacial score (nSPS) is 18.1. The lowest BCUT2D eigenvalue weighted by Crippen LogP contribution is -2.25. The van der Waals surface area contributed by atoms with Gasteiger partial charge in [0, 0.05) is 35.0 Å². The van der Waals surface area contributed by atoms with Gasteiger partial charge in [0.05, 0.1) is 13.0 Å². The van der Waals surface area contributed by atoms with Crippen LogP contribution in [0.2, 0.25) is 0 Å². The molecule has 0 spiro atoms. The first-order valence-electron chi connectivity index (χ1n) is 6.46. The van der Waals surface area contributed by atoms with Crippen LogP contribution in [0.3, 0.4) is 0 Å². The van der Waals surface area contributed by atoms with Crippen LogP contribution in [0.15, 0.2) is 12.1 Å². The van der Waals surface area contributed by atoms with Gasteiger partial charge in [-0.2, -0.15) is 0 Å². The van der Waals surface area contributed by atoms with E-state index in [-0.39, 0.29) is 12.2 Å². The van der Waals surface area contributed by atoms with Crippen molar-refractivity contribution in [3.63, 3.8) is 0 Å². The van der Waals surface area contributed by atoms with Crippen LogP contribution in [0.1, 0.15) is 28.0 Å². The summed E-state index contributed by atoms with van der Waals surface area (Å²) in [4.78, 5) is 26.6. The van der Waals surface area contributed by atoms with E-state index in [0.717, 1.165) is 22.2 Å². The van der Waals surface area contributed by atoms with Gasteiger partial charge in [-0.25, -0.2) is 0 Å². The highest BCUT2D eigenvalue weighted by Gasteiger charge is 2.32. The summed E-state index contributed by atoms with van der Waals surface area (Å²) in [5.74, 6) is -0.968. The predicted octanol–water partition coefficient (Wildman–Crippen LogP) is 2.31. The van der Waals surface area contributed by atoms with Gasteiger partial charge >= 0.3 is 5.97 Å². The molecule has 0 radical (unpaired) electrons. The van der Waals surface area contributed by atoms with Gasteiger partial charge in [0.1, 0.15) is 5.75 Å². The number of aromatic nitrogens is 1. The number of ketones is 1. The molecule has 0 saturated carbocycles. The van der Waals surface area contributed by atoms with Gasteiger partial charge < -0.3 is 14.8 Å². The molecule has 0 amide bonds. The first-order valence-corrected chi connectivity index (χ1v) is 6.46. The second kappa shape index (κ2) is 4.37. The van der Waals surface area contributed by atoms with Gasteiger partial charge in [0.2, 0.25) is 0 Å². The topological polar surface area (TPSA) is 79.4 Å². The fraction of sp³-hybridized carbons (Fsp3) is 0.333. The van der Waals surface area contributed by atoms with Crippen LogP contribution in [0.5, 0.6) is 5.75 Å². The zero-order valence-electron chi connectivity index (χ0n) is 11.3. The number of nitrogens with one attached hydrogen (secondary N) is 1. The van der Waals surface area contributed by atoms with Crippen LogP contribution in [0.4, 0.5) is 0 Å². The van der Waals surface area contributed by atoms with Crippen molar-refractivity contribution in [3.8, 4) is 5.75 Å². The van der Waals surface area contributed by atoms with Crippen molar-refractivity contribution < 1.29 is 19.4 Å². The van der Waals surface area contributed by atoms with E-state index in [9.17, 15) is 9.59 Å². The summed E-state index contributed by atoms with van der Waals surface area (Å²) >= 11 is 0. The zero-order chi connectivity index (χ0) is 14.4. The minimum Gasteiger partial charge on any atom is -0.497 e. The second-order valence-corrected chi connectivity index (χ2v) is 5.21. The molecule has 20 heavy (non-hydrogen) atoms. The summed E-state index contributed by atoms with van der Waals surface area (Å²) in [6.07, 6.45) is 0.429. The second-order valence-electron chi connectivity index (χ2n) is 5.21. The summed E-state index contributed by atoms with van der Waals surface area (Å²) in [5, 5.41) is 9.93. The van der Waals surface area contributed by atoms with E-state index in [4.69, 9.17) is 9.84 Å². The molecule has 1 heterocycles. The van der Waals surface area contributed by atoms with Crippen LogP contribution in [0.25, 0.3) is 10.9 Å². The monoisotopic (exact) mass is 273 g/mol. The van der Waals surface area contributed by atoms with Crippen molar-refractivity contribution in [1.29, 1.82) is 0 Å². The first kappa shape index (κ1) is 12.7. The molecular weight excluding hydrogens is 258 g/mol. The molecule has 0 aliphatic heterocycles. The van der Waals surface area contributed by atoms with Gasteiger partial charge in [-0.15, -0.1) is 0 Å². The molecule has 1 aromatic carbocycles. The van der Waals surface area contributed by atoms with E-state index in [2.05, 4.69) is 4.98 Å². The largest absolute Gasteiger partial charge is 0.497 e. The van der Waals surface area contributed by atoms with Crippen molar-refractivity contribution in [3.05, 3.63) is 29.0 Å². The van der Waals surface area contributed by atoms with Gasteiger partial charge in [-0.05, 0) is 24.6 Å². The summed E-state index contributed by atoms with van der Waals surface area (Å²) in [6, 6.07) is 3.72. The summed E-state index contributed by atoms with van der Waals surface area (Å²) in [7, 11) is 1.59. The maximum absolute atomic E-state index is 12.3. The summed E-state index contributed by atoms with van der Waals surface area (Å²) < 4.78 is 5.24. The van der Waals surface area contributed by atoms with Crippen molar-refractivity contribution in [2.24, 2.45) is 5.92 Å². The Hall–Kier alpha value is -2.30. The quantitative estimate of drug-likeness (QED) is 0.880. The van der Waals surface area contributed by atoms with E-state index in [0.29, 0.717) is 17.7 Å². The average Bonchev–Trinajstić information content (AvgIpc) is 2.78. The third kappa shape index (κ3) is 1.78. The number of fused-ring (bicyclic) bond motifs is 3. The molecule has 1 unspecified atom stereocenters. The number of H-pyrrole nitrogens is 1. The molecule has 0 bridgehead atoms. The molecule has 5 nitrogen and oxygen atoms in total. The molecule has 2 aromatic rings. The molecule has 5 heteroatoms. The SMILES string of the molecule is COc1cc(C)c2[nH]c3c(c2c1)C(=O)CC(C(=O)O)C3. The number of aryl methyl sites for hydroxylation is 1. The fourth-order valence-corrected chi connectivity index (χ4v) is 2.90. The average molecular weight is 273 g/mol.